The van der Waals surface area contributed by atoms with Gasteiger partial charge in [0, 0.05) is 12.1 Å². The zero-order valence-corrected chi connectivity index (χ0v) is 9.35. The highest BCUT2D eigenvalue weighted by Gasteiger charge is 2.19. The topological polar surface area (TPSA) is 55.1 Å². The van der Waals surface area contributed by atoms with Gasteiger partial charge in [0.25, 0.3) is 5.24 Å². The van der Waals surface area contributed by atoms with Gasteiger partial charge in [0.15, 0.2) is 0 Å². The Labute approximate surface area is 89.5 Å². The summed E-state index contributed by atoms with van der Waals surface area (Å²) in [7, 11) is 0. The number of thioether (sulfide) groups is 1. The van der Waals surface area contributed by atoms with Gasteiger partial charge in [0.05, 0.1) is 0 Å². The second-order valence-corrected chi connectivity index (χ2v) is 4.32. The van der Waals surface area contributed by atoms with Crippen LogP contribution >= 0.6 is 11.8 Å². The molecule has 0 unspecified atom stereocenters. The van der Waals surface area contributed by atoms with Crippen molar-refractivity contribution in [2.24, 2.45) is 5.73 Å². The van der Waals surface area contributed by atoms with E-state index in [0.29, 0.717) is 0 Å². The minimum Gasteiger partial charge on any atom is -0.343 e. The van der Waals surface area contributed by atoms with E-state index in [1.807, 2.05) is 0 Å². The number of carbonyl (C=O) groups is 1. The van der Waals surface area contributed by atoms with Crippen molar-refractivity contribution < 1.29 is 4.79 Å². The van der Waals surface area contributed by atoms with Crippen molar-refractivity contribution >= 4 is 17.0 Å². The Morgan fingerprint density at radius 3 is 3.07 bits per heavy atom. The van der Waals surface area contributed by atoms with Gasteiger partial charge in [-0.3, -0.25) is 4.79 Å². The number of carbonyl (C=O) groups excluding carboxylic acids is 1. The first-order chi connectivity index (χ1) is 6.74. The van der Waals surface area contributed by atoms with Crippen molar-refractivity contribution in [3.63, 3.8) is 0 Å². The van der Waals surface area contributed by atoms with E-state index in [1.54, 1.807) is 6.26 Å². The zero-order valence-electron chi connectivity index (χ0n) is 8.53. The first kappa shape index (κ1) is 11.6. The molecule has 0 aliphatic heterocycles. The van der Waals surface area contributed by atoms with Crippen LogP contribution in [0.3, 0.4) is 0 Å². The normalized spacial score (nSPS) is 30.1. The molecule has 1 amide bonds. The minimum atomic E-state index is 0.0232. The van der Waals surface area contributed by atoms with Gasteiger partial charge in [-0.2, -0.15) is 0 Å². The number of amides is 1. The van der Waals surface area contributed by atoms with Crippen molar-refractivity contribution in [3.05, 3.63) is 12.2 Å². The lowest BCUT2D eigenvalue weighted by Crippen LogP contribution is -2.46. The van der Waals surface area contributed by atoms with E-state index in [9.17, 15) is 4.79 Å². The summed E-state index contributed by atoms with van der Waals surface area (Å²) in [5.41, 5.74) is 5.98. The van der Waals surface area contributed by atoms with Crippen molar-refractivity contribution in [1.82, 2.24) is 5.32 Å². The van der Waals surface area contributed by atoms with Crippen LogP contribution in [-0.4, -0.2) is 23.6 Å². The van der Waals surface area contributed by atoms with Gasteiger partial charge in [0.1, 0.15) is 0 Å². The van der Waals surface area contributed by atoms with Crippen molar-refractivity contribution in [3.8, 4) is 0 Å². The molecule has 1 aliphatic rings. The Morgan fingerprint density at radius 1 is 1.57 bits per heavy atom. The van der Waals surface area contributed by atoms with Crippen LogP contribution < -0.4 is 11.1 Å². The summed E-state index contributed by atoms with van der Waals surface area (Å²) in [6.07, 6.45) is 10.1. The molecule has 0 aromatic carbocycles. The van der Waals surface area contributed by atoms with E-state index in [4.69, 9.17) is 5.73 Å². The Balaban J connectivity index is 2.47. The van der Waals surface area contributed by atoms with Crippen LogP contribution in [0.1, 0.15) is 25.7 Å². The van der Waals surface area contributed by atoms with Crippen LogP contribution in [0.5, 0.6) is 0 Å². The molecule has 0 saturated heterocycles. The van der Waals surface area contributed by atoms with Crippen molar-refractivity contribution in [2.45, 2.75) is 37.8 Å². The summed E-state index contributed by atoms with van der Waals surface area (Å²) in [6.45, 7) is 0. The lowest BCUT2D eigenvalue weighted by atomic mass is 9.97. The number of hydrogen-bond acceptors (Lipinski definition) is 3. The highest BCUT2D eigenvalue weighted by Crippen LogP contribution is 2.12. The standard InChI is InChI=1S/C10H18N2OS/c1-14-10(13)12-9-7-5-3-2-4-6-8(9)11/h2,4,8-9H,3,5-7,11H2,1H3,(H,12,13)/b4-2+/t8-,9+/m0/s1. The van der Waals surface area contributed by atoms with Crippen molar-refractivity contribution in [1.29, 1.82) is 0 Å². The van der Waals surface area contributed by atoms with Crippen molar-refractivity contribution in [2.75, 3.05) is 6.26 Å². The fourth-order valence-corrected chi connectivity index (χ4v) is 1.86. The van der Waals surface area contributed by atoms with Crippen LogP contribution in [0.4, 0.5) is 4.79 Å². The third-order valence-electron chi connectivity index (χ3n) is 2.47. The number of nitrogens with one attached hydrogen (secondary N) is 1. The number of hydrogen-bond donors (Lipinski definition) is 2. The Bertz CT molecular complexity index is 218. The Hall–Kier alpha value is -0.480. The third-order valence-corrected chi connectivity index (χ3v) is 2.95. The van der Waals surface area contributed by atoms with E-state index in [0.717, 1.165) is 25.7 Å². The largest absolute Gasteiger partial charge is 0.343 e. The predicted molar refractivity (Wildman–Crippen MR) is 61.4 cm³/mol. The predicted octanol–water partition coefficient (Wildman–Crippen LogP) is 1.89. The van der Waals surface area contributed by atoms with Gasteiger partial charge in [-0.15, -0.1) is 0 Å². The molecule has 0 saturated carbocycles. The lowest BCUT2D eigenvalue weighted by molar-refractivity contribution is 0.253. The number of allylic oxidation sites excluding steroid dienone is 1. The maximum absolute atomic E-state index is 11.2. The highest BCUT2D eigenvalue weighted by atomic mass is 32.2. The molecule has 1 aliphatic carbocycles. The fourth-order valence-electron chi connectivity index (χ4n) is 1.59. The lowest BCUT2D eigenvalue weighted by Gasteiger charge is -2.25. The van der Waals surface area contributed by atoms with E-state index >= 15 is 0 Å². The molecular formula is C10H18N2OS. The maximum Gasteiger partial charge on any atom is 0.279 e. The zero-order chi connectivity index (χ0) is 10.4. The van der Waals surface area contributed by atoms with E-state index < -0.39 is 0 Å². The second-order valence-electron chi connectivity index (χ2n) is 3.54. The highest BCUT2D eigenvalue weighted by molar-refractivity contribution is 8.12. The molecule has 1 rings (SSSR count). The summed E-state index contributed by atoms with van der Waals surface area (Å²) < 4.78 is 0. The van der Waals surface area contributed by atoms with Gasteiger partial charge in [0.2, 0.25) is 0 Å². The van der Waals surface area contributed by atoms with Gasteiger partial charge < -0.3 is 11.1 Å². The molecule has 0 fully saturated rings. The fraction of sp³-hybridized carbons (Fsp3) is 0.700. The summed E-state index contributed by atoms with van der Waals surface area (Å²) in [6, 6.07) is 0.197. The molecule has 0 bridgehead atoms. The molecule has 0 heterocycles. The van der Waals surface area contributed by atoms with Gasteiger partial charge in [-0.25, -0.2) is 0 Å². The minimum absolute atomic E-state index is 0.0232. The second kappa shape index (κ2) is 6.09. The van der Waals surface area contributed by atoms with Crippen LogP contribution in [0.2, 0.25) is 0 Å². The molecule has 0 radical (unpaired) electrons. The molecule has 0 spiro atoms. The van der Waals surface area contributed by atoms with Crippen LogP contribution in [-0.2, 0) is 0 Å². The molecule has 80 valence electrons. The number of rotatable bonds is 1. The quantitative estimate of drug-likeness (QED) is 0.655. The van der Waals surface area contributed by atoms with Gasteiger partial charge in [-0.1, -0.05) is 23.9 Å². The van der Waals surface area contributed by atoms with Crippen LogP contribution in [0, 0.1) is 0 Å². The average molecular weight is 214 g/mol. The number of nitrogens with two attached hydrogens (primary N) is 1. The molecular weight excluding hydrogens is 196 g/mol. The molecule has 0 aromatic rings. The Kier molecular flexibility index (Phi) is 5.04. The molecule has 14 heavy (non-hydrogen) atoms. The molecule has 4 heteroatoms. The molecule has 2 atom stereocenters. The SMILES string of the molecule is CSC(=O)N[C@@H]1CCC/C=C/C[C@@H]1N. The van der Waals surface area contributed by atoms with E-state index in [-0.39, 0.29) is 17.3 Å². The summed E-state index contributed by atoms with van der Waals surface area (Å²) in [4.78, 5) is 11.2. The third kappa shape index (κ3) is 3.72. The maximum atomic E-state index is 11.2. The molecule has 0 aromatic heterocycles. The summed E-state index contributed by atoms with van der Waals surface area (Å²) in [5, 5.41) is 2.97. The summed E-state index contributed by atoms with van der Waals surface area (Å²) >= 11 is 1.21. The van der Waals surface area contributed by atoms with E-state index in [2.05, 4.69) is 17.5 Å². The Morgan fingerprint density at radius 2 is 2.36 bits per heavy atom. The first-order valence-electron chi connectivity index (χ1n) is 4.99. The van der Waals surface area contributed by atoms with Crippen LogP contribution in [0.25, 0.3) is 0 Å². The van der Waals surface area contributed by atoms with Crippen LogP contribution in [0.15, 0.2) is 12.2 Å². The van der Waals surface area contributed by atoms with Gasteiger partial charge >= 0.3 is 0 Å². The smallest absolute Gasteiger partial charge is 0.279 e. The van der Waals surface area contributed by atoms with Gasteiger partial charge in [-0.05, 0) is 31.9 Å². The summed E-state index contributed by atoms with van der Waals surface area (Å²) in [5.74, 6) is 0. The molecule has 3 N–H and O–H groups in total. The van der Waals surface area contributed by atoms with E-state index in [1.165, 1.54) is 11.8 Å². The monoisotopic (exact) mass is 214 g/mol. The molecule has 3 nitrogen and oxygen atoms in total. The first-order valence-corrected chi connectivity index (χ1v) is 6.21. The average Bonchev–Trinajstić information content (AvgIpc) is 2.17.